The summed E-state index contributed by atoms with van der Waals surface area (Å²) in [7, 11) is 4.01. The summed E-state index contributed by atoms with van der Waals surface area (Å²) in [5.41, 5.74) is 1.96. The zero-order valence-electron chi connectivity index (χ0n) is 17.9. The van der Waals surface area contributed by atoms with Crippen LogP contribution in [0.15, 0.2) is 30.5 Å². The van der Waals surface area contributed by atoms with Gasteiger partial charge in [-0.1, -0.05) is 39.6 Å². The standard InChI is InChI=1S/C23H32ClN3OS2/c1-17(27-20-10-14-25-21-16-18(24)8-9-19(20)21)6-5-13-26-22(28)7-3-4-11-23(2)12-15-29-30-23/h8-10,14,16-17H,3-7,11-13,15H2,1-2H3,(H,25,27)(H,26,28)/t17?,23-/m1/s1. The Kier molecular flexibility index (Phi) is 9.02. The van der Waals surface area contributed by atoms with Crippen LogP contribution in [0.2, 0.25) is 5.02 Å². The van der Waals surface area contributed by atoms with Gasteiger partial charge in [-0.15, -0.1) is 0 Å². The summed E-state index contributed by atoms with van der Waals surface area (Å²) >= 11 is 6.07. The van der Waals surface area contributed by atoms with E-state index in [1.54, 1.807) is 6.20 Å². The molecule has 0 bridgehead atoms. The van der Waals surface area contributed by atoms with Crippen LogP contribution in [-0.4, -0.2) is 34.0 Å². The van der Waals surface area contributed by atoms with E-state index in [1.807, 2.05) is 45.9 Å². The highest BCUT2D eigenvalue weighted by molar-refractivity contribution is 8.77. The van der Waals surface area contributed by atoms with Gasteiger partial charge in [-0.3, -0.25) is 9.78 Å². The van der Waals surface area contributed by atoms with Gasteiger partial charge < -0.3 is 10.6 Å². The second-order valence-electron chi connectivity index (χ2n) is 8.37. The molecule has 1 aromatic heterocycles. The van der Waals surface area contributed by atoms with Crippen LogP contribution in [0.3, 0.4) is 0 Å². The average Bonchev–Trinajstić information content (AvgIpc) is 3.15. The quantitative estimate of drug-likeness (QED) is 0.286. The van der Waals surface area contributed by atoms with Gasteiger partial charge in [-0.25, -0.2) is 0 Å². The van der Waals surface area contributed by atoms with E-state index in [0.29, 0.717) is 22.2 Å². The number of hydrogen-bond acceptors (Lipinski definition) is 5. The van der Waals surface area contributed by atoms with Crippen LogP contribution in [0.4, 0.5) is 5.69 Å². The number of anilines is 1. The number of aromatic nitrogens is 1. The van der Waals surface area contributed by atoms with Crippen molar-refractivity contribution in [2.75, 3.05) is 17.6 Å². The fourth-order valence-corrected chi connectivity index (χ4v) is 7.21. The van der Waals surface area contributed by atoms with Crippen molar-refractivity contribution in [2.24, 2.45) is 0 Å². The molecule has 1 fully saturated rings. The highest BCUT2D eigenvalue weighted by Crippen LogP contribution is 2.49. The summed E-state index contributed by atoms with van der Waals surface area (Å²) in [6.45, 7) is 5.27. The van der Waals surface area contributed by atoms with E-state index in [0.717, 1.165) is 48.8 Å². The Hall–Kier alpha value is -1.11. The van der Waals surface area contributed by atoms with Crippen LogP contribution < -0.4 is 10.6 Å². The van der Waals surface area contributed by atoms with Crippen molar-refractivity contribution < 1.29 is 4.79 Å². The van der Waals surface area contributed by atoms with Crippen LogP contribution >= 0.6 is 33.2 Å². The second kappa shape index (κ2) is 11.5. The molecular formula is C23H32ClN3OS2. The smallest absolute Gasteiger partial charge is 0.219 e. The molecule has 0 aliphatic carbocycles. The lowest BCUT2D eigenvalue weighted by Gasteiger charge is -2.20. The summed E-state index contributed by atoms with van der Waals surface area (Å²) in [6.07, 6.45) is 9.05. The first kappa shape index (κ1) is 23.6. The Morgan fingerprint density at radius 1 is 1.30 bits per heavy atom. The van der Waals surface area contributed by atoms with E-state index in [-0.39, 0.29) is 5.91 Å². The first-order valence-electron chi connectivity index (χ1n) is 10.8. The van der Waals surface area contributed by atoms with E-state index in [4.69, 9.17) is 11.6 Å². The lowest BCUT2D eigenvalue weighted by Crippen LogP contribution is -2.26. The zero-order valence-corrected chi connectivity index (χ0v) is 20.3. The highest BCUT2D eigenvalue weighted by Gasteiger charge is 2.29. The summed E-state index contributed by atoms with van der Waals surface area (Å²) in [5.74, 6) is 1.45. The minimum absolute atomic E-state index is 0.186. The highest BCUT2D eigenvalue weighted by atomic mass is 35.5. The molecule has 4 nitrogen and oxygen atoms in total. The van der Waals surface area contributed by atoms with Crippen molar-refractivity contribution in [3.8, 4) is 0 Å². The molecule has 1 aromatic carbocycles. The van der Waals surface area contributed by atoms with E-state index in [2.05, 4.69) is 29.5 Å². The number of halogens is 1. The van der Waals surface area contributed by atoms with Crippen molar-refractivity contribution in [1.82, 2.24) is 10.3 Å². The third-order valence-corrected chi connectivity index (χ3v) is 9.17. The Morgan fingerprint density at radius 2 is 2.17 bits per heavy atom. The molecule has 1 saturated heterocycles. The summed E-state index contributed by atoms with van der Waals surface area (Å²) < 4.78 is 0.427. The maximum absolute atomic E-state index is 12.1. The third-order valence-electron chi connectivity index (χ3n) is 5.58. The Labute approximate surface area is 193 Å². The summed E-state index contributed by atoms with van der Waals surface area (Å²) in [5, 5.41) is 8.41. The number of pyridine rings is 1. The Morgan fingerprint density at radius 3 is 2.97 bits per heavy atom. The number of fused-ring (bicyclic) bond motifs is 1. The van der Waals surface area contributed by atoms with Crippen molar-refractivity contribution in [1.29, 1.82) is 0 Å². The zero-order chi connectivity index (χ0) is 21.4. The topological polar surface area (TPSA) is 54.0 Å². The molecule has 1 amide bonds. The van der Waals surface area contributed by atoms with Gasteiger partial charge in [0.2, 0.25) is 5.91 Å². The van der Waals surface area contributed by atoms with Gasteiger partial charge in [-0.05, 0) is 70.2 Å². The second-order valence-corrected chi connectivity index (χ2v) is 11.8. The minimum Gasteiger partial charge on any atom is -0.382 e. The van der Waals surface area contributed by atoms with E-state index < -0.39 is 0 Å². The molecule has 0 spiro atoms. The normalized spacial score (nSPS) is 19.7. The number of hydrogen-bond donors (Lipinski definition) is 2. The maximum Gasteiger partial charge on any atom is 0.219 e. The van der Waals surface area contributed by atoms with Gasteiger partial charge in [-0.2, -0.15) is 0 Å². The van der Waals surface area contributed by atoms with Gasteiger partial charge in [0.15, 0.2) is 0 Å². The van der Waals surface area contributed by atoms with Crippen molar-refractivity contribution >= 4 is 55.7 Å². The predicted octanol–water partition coefficient (Wildman–Crippen LogP) is 6.69. The van der Waals surface area contributed by atoms with Gasteiger partial charge in [0.05, 0.1) is 5.52 Å². The number of carbonyl (C=O) groups is 1. The molecule has 1 aliphatic heterocycles. The SMILES string of the molecule is CC(CCCNC(=O)CCCC[C@]1(C)CCSS1)Nc1ccnc2cc(Cl)ccc12. The van der Waals surface area contributed by atoms with Crippen LogP contribution in [0, 0.1) is 0 Å². The molecule has 2 N–H and O–H groups in total. The lowest BCUT2D eigenvalue weighted by molar-refractivity contribution is -0.121. The fourth-order valence-electron chi connectivity index (χ4n) is 3.74. The largest absolute Gasteiger partial charge is 0.382 e. The van der Waals surface area contributed by atoms with Gasteiger partial charge in [0.1, 0.15) is 0 Å². The molecule has 1 unspecified atom stereocenters. The number of nitrogens with one attached hydrogen (secondary N) is 2. The van der Waals surface area contributed by atoms with Gasteiger partial charge >= 0.3 is 0 Å². The van der Waals surface area contributed by atoms with Crippen molar-refractivity contribution in [3.63, 3.8) is 0 Å². The number of carbonyl (C=O) groups excluding carboxylic acids is 1. The molecule has 0 saturated carbocycles. The van der Waals surface area contributed by atoms with E-state index >= 15 is 0 Å². The molecule has 2 aromatic rings. The Balaban J connectivity index is 1.30. The number of unbranched alkanes of at least 4 members (excludes halogenated alkanes) is 1. The van der Waals surface area contributed by atoms with Gasteiger partial charge in [0.25, 0.3) is 0 Å². The first-order chi connectivity index (χ1) is 14.5. The molecule has 0 radical (unpaired) electrons. The van der Waals surface area contributed by atoms with E-state index in [1.165, 1.54) is 18.6 Å². The third kappa shape index (κ3) is 7.24. The molecule has 2 atom stereocenters. The summed E-state index contributed by atoms with van der Waals surface area (Å²) in [4.78, 5) is 16.5. The Bertz CT molecular complexity index is 842. The number of nitrogens with zero attached hydrogens (tertiary/aromatic N) is 1. The van der Waals surface area contributed by atoms with Crippen LogP contribution in [0.1, 0.15) is 58.8 Å². The summed E-state index contributed by atoms with van der Waals surface area (Å²) in [6, 6.07) is 8.09. The van der Waals surface area contributed by atoms with Crippen molar-refractivity contribution in [3.05, 3.63) is 35.5 Å². The predicted molar refractivity (Wildman–Crippen MR) is 134 cm³/mol. The molecular weight excluding hydrogens is 434 g/mol. The maximum atomic E-state index is 12.1. The van der Waals surface area contributed by atoms with E-state index in [9.17, 15) is 4.79 Å². The minimum atomic E-state index is 0.186. The van der Waals surface area contributed by atoms with Crippen LogP contribution in [-0.2, 0) is 4.79 Å². The van der Waals surface area contributed by atoms with Crippen LogP contribution in [0.25, 0.3) is 10.9 Å². The molecule has 164 valence electrons. The average molecular weight is 466 g/mol. The molecule has 2 heterocycles. The number of benzene rings is 1. The molecule has 1 aliphatic rings. The number of amides is 1. The lowest BCUT2D eigenvalue weighted by atomic mass is 9.99. The molecule has 3 rings (SSSR count). The van der Waals surface area contributed by atoms with Gasteiger partial charge in [0, 0.05) is 51.8 Å². The molecule has 30 heavy (non-hydrogen) atoms. The molecule has 7 heteroatoms. The number of rotatable bonds is 11. The fraction of sp³-hybridized carbons (Fsp3) is 0.565. The van der Waals surface area contributed by atoms with Crippen molar-refractivity contribution in [2.45, 2.75) is 69.6 Å². The monoisotopic (exact) mass is 465 g/mol. The van der Waals surface area contributed by atoms with Crippen LogP contribution in [0.5, 0.6) is 0 Å². The first-order valence-corrected chi connectivity index (χ1v) is 13.5.